The first-order chi connectivity index (χ1) is 9.01. The van der Waals surface area contributed by atoms with Crippen LogP contribution in [-0.4, -0.2) is 26.2 Å². The minimum absolute atomic E-state index is 0.0180. The van der Waals surface area contributed by atoms with Gasteiger partial charge in [-0.2, -0.15) is 0 Å². The van der Waals surface area contributed by atoms with Crippen LogP contribution in [0.25, 0.3) is 0 Å². The molecule has 1 heterocycles. The van der Waals surface area contributed by atoms with Gasteiger partial charge in [0, 0.05) is 17.6 Å². The molecule has 104 valence electrons. The van der Waals surface area contributed by atoms with E-state index in [9.17, 15) is 13.6 Å². The number of halogens is 3. The average Bonchev–Trinajstić information content (AvgIpc) is 2.75. The Bertz CT molecular complexity index is 473. The van der Waals surface area contributed by atoms with E-state index in [-0.39, 0.29) is 24.0 Å². The molecule has 1 atom stereocenters. The van der Waals surface area contributed by atoms with E-state index in [1.165, 1.54) is 19.2 Å². The van der Waals surface area contributed by atoms with Crippen molar-refractivity contribution in [2.75, 3.05) is 25.1 Å². The molecule has 1 aliphatic rings. The molecule has 1 aromatic rings. The summed E-state index contributed by atoms with van der Waals surface area (Å²) in [6.45, 7) is 1.00. The fourth-order valence-electron chi connectivity index (χ4n) is 2.36. The number of ether oxygens (including phenoxy) is 1. The number of rotatable bonds is 3. The van der Waals surface area contributed by atoms with Crippen LogP contribution in [0.5, 0.6) is 0 Å². The van der Waals surface area contributed by atoms with Gasteiger partial charge in [0.2, 0.25) is 0 Å². The number of carbonyl (C=O) groups excluding carboxylic acids is 1. The van der Waals surface area contributed by atoms with Gasteiger partial charge in [-0.05, 0) is 24.5 Å². The van der Waals surface area contributed by atoms with Crippen molar-refractivity contribution in [2.45, 2.75) is 12.8 Å². The highest BCUT2D eigenvalue weighted by atomic mass is 79.9. The summed E-state index contributed by atoms with van der Waals surface area (Å²) in [6.07, 6.45) is 1.01. The molecular formula is C13H14BrF2NO2. The van der Waals surface area contributed by atoms with Gasteiger partial charge in [0.15, 0.2) is 11.6 Å². The van der Waals surface area contributed by atoms with Crippen LogP contribution in [-0.2, 0) is 9.53 Å². The van der Waals surface area contributed by atoms with Crippen molar-refractivity contribution < 1.29 is 18.3 Å². The molecule has 19 heavy (non-hydrogen) atoms. The van der Waals surface area contributed by atoms with Gasteiger partial charge in [-0.1, -0.05) is 15.9 Å². The van der Waals surface area contributed by atoms with Crippen molar-refractivity contribution in [1.82, 2.24) is 0 Å². The lowest BCUT2D eigenvalue weighted by Gasteiger charge is -2.20. The van der Waals surface area contributed by atoms with Gasteiger partial charge >= 0.3 is 5.97 Å². The van der Waals surface area contributed by atoms with E-state index < -0.39 is 11.6 Å². The zero-order chi connectivity index (χ0) is 14.0. The summed E-state index contributed by atoms with van der Waals surface area (Å²) in [5.41, 5.74) is -0.0180. The first-order valence-corrected chi connectivity index (χ1v) is 6.77. The lowest BCUT2D eigenvalue weighted by Crippen LogP contribution is -2.23. The van der Waals surface area contributed by atoms with Crippen molar-refractivity contribution >= 4 is 27.6 Å². The van der Waals surface area contributed by atoms with Crippen molar-refractivity contribution in [2.24, 2.45) is 5.92 Å². The Hall–Kier alpha value is -1.17. The lowest BCUT2D eigenvalue weighted by atomic mass is 10.1. The van der Waals surface area contributed by atoms with Gasteiger partial charge in [-0.3, -0.25) is 4.79 Å². The molecule has 3 nitrogen and oxygen atoms in total. The second-order valence-corrected chi connectivity index (χ2v) is 5.51. The highest BCUT2D eigenvalue weighted by Crippen LogP contribution is 2.32. The largest absolute Gasteiger partial charge is 0.469 e. The van der Waals surface area contributed by atoms with Crippen LogP contribution in [0.2, 0.25) is 0 Å². The quantitative estimate of drug-likeness (QED) is 0.796. The smallest absolute Gasteiger partial charge is 0.305 e. The van der Waals surface area contributed by atoms with Crippen LogP contribution in [0.15, 0.2) is 16.6 Å². The molecule has 0 N–H and O–H groups in total. The zero-order valence-electron chi connectivity index (χ0n) is 10.5. The molecule has 1 fully saturated rings. The third-order valence-corrected chi connectivity index (χ3v) is 3.72. The topological polar surface area (TPSA) is 29.5 Å². The second kappa shape index (κ2) is 5.86. The Kier molecular flexibility index (Phi) is 4.39. The summed E-state index contributed by atoms with van der Waals surface area (Å²) in [5.74, 6) is -1.39. The summed E-state index contributed by atoms with van der Waals surface area (Å²) in [5, 5.41) is 0. The van der Waals surface area contributed by atoms with Gasteiger partial charge in [0.1, 0.15) is 5.69 Å². The fraction of sp³-hybridized carbons (Fsp3) is 0.462. The van der Waals surface area contributed by atoms with Gasteiger partial charge < -0.3 is 9.64 Å². The number of methoxy groups -OCH3 is 1. The lowest BCUT2D eigenvalue weighted by molar-refractivity contribution is -0.141. The highest BCUT2D eigenvalue weighted by Gasteiger charge is 2.28. The fourth-order valence-corrected chi connectivity index (χ4v) is 2.76. The van der Waals surface area contributed by atoms with Crippen LogP contribution in [0.4, 0.5) is 14.5 Å². The highest BCUT2D eigenvalue weighted by molar-refractivity contribution is 9.10. The van der Waals surface area contributed by atoms with Crippen molar-refractivity contribution in [1.29, 1.82) is 0 Å². The molecule has 0 radical (unpaired) electrons. The molecule has 0 unspecified atom stereocenters. The molecule has 0 amide bonds. The molecule has 0 spiro atoms. The van der Waals surface area contributed by atoms with Crippen LogP contribution in [0.3, 0.4) is 0 Å². The van der Waals surface area contributed by atoms with Crippen molar-refractivity contribution in [3.63, 3.8) is 0 Å². The van der Waals surface area contributed by atoms with E-state index in [2.05, 4.69) is 20.7 Å². The molecule has 1 aromatic carbocycles. The van der Waals surface area contributed by atoms with Crippen LogP contribution < -0.4 is 4.90 Å². The van der Waals surface area contributed by atoms with Crippen LogP contribution >= 0.6 is 15.9 Å². The van der Waals surface area contributed by atoms with Crippen LogP contribution in [0, 0.1) is 17.6 Å². The van der Waals surface area contributed by atoms with Crippen LogP contribution in [0.1, 0.15) is 12.8 Å². The van der Waals surface area contributed by atoms with E-state index >= 15 is 0 Å². The number of esters is 1. The number of nitrogens with zero attached hydrogens (tertiary/aromatic N) is 1. The summed E-state index contributed by atoms with van der Waals surface area (Å²) in [6, 6.07) is 2.48. The maximum Gasteiger partial charge on any atom is 0.305 e. The predicted molar refractivity (Wildman–Crippen MR) is 71.0 cm³/mol. The molecular weight excluding hydrogens is 320 g/mol. The van der Waals surface area contributed by atoms with Crippen molar-refractivity contribution in [3.8, 4) is 0 Å². The molecule has 0 aromatic heterocycles. The third-order valence-electron chi connectivity index (χ3n) is 3.27. The Morgan fingerprint density at radius 3 is 2.68 bits per heavy atom. The SMILES string of the molecule is COC(=O)C[C@H]1CCN(c2c(F)cc(Br)cc2F)C1. The number of anilines is 1. The Morgan fingerprint density at radius 2 is 2.11 bits per heavy atom. The maximum absolute atomic E-state index is 13.8. The van der Waals surface area contributed by atoms with Gasteiger partial charge in [0.05, 0.1) is 13.5 Å². The Morgan fingerprint density at radius 1 is 1.47 bits per heavy atom. The first-order valence-electron chi connectivity index (χ1n) is 5.97. The summed E-state index contributed by atoms with van der Waals surface area (Å²) < 4.78 is 32.6. The predicted octanol–water partition coefficient (Wildman–Crippen LogP) is 3.12. The molecule has 1 aliphatic heterocycles. The molecule has 0 saturated carbocycles. The minimum Gasteiger partial charge on any atom is -0.469 e. The van der Waals surface area contributed by atoms with E-state index in [1.54, 1.807) is 4.90 Å². The minimum atomic E-state index is -0.592. The normalized spacial score (nSPS) is 18.7. The van der Waals surface area contributed by atoms with E-state index in [4.69, 9.17) is 0 Å². The first kappa shape index (κ1) is 14.2. The third kappa shape index (κ3) is 3.23. The summed E-state index contributed by atoms with van der Waals surface area (Å²) in [4.78, 5) is 12.8. The molecule has 1 saturated heterocycles. The Labute approximate surface area is 118 Å². The zero-order valence-corrected chi connectivity index (χ0v) is 12.0. The second-order valence-electron chi connectivity index (χ2n) is 4.60. The number of hydrogen-bond acceptors (Lipinski definition) is 3. The standard InChI is InChI=1S/C13H14BrF2NO2/c1-19-12(18)4-8-2-3-17(7-8)13-10(15)5-9(14)6-11(13)16/h5-6,8H,2-4,7H2,1H3/t8-/m1/s1. The van der Waals surface area contributed by atoms with Crippen molar-refractivity contribution in [3.05, 3.63) is 28.2 Å². The summed E-state index contributed by atoms with van der Waals surface area (Å²) in [7, 11) is 1.34. The van der Waals surface area contributed by atoms with Gasteiger partial charge in [-0.15, -0.1) is 0 Å². The molecule has 6 heteroatoms. The molecule has 0 bridgehead atoms. The molecule has 0 aliphatic carbocycles. The monoisotopic (exact) mass is 333 g/mol. The Balaban J connectivity index is 2.11. The number of hydrogen-bond donors (Lipinski definition) is 0. The van der Waals surface area contributed by atoms with Gasteiger partial charge in [0.25, 0.3) is 0 Å². The van der Waals surface area contributed by atoms with E-state index in [1.807, 2.05) is 0 Å². The van der Waals surface area contributed by atoms with E-state index in [0.29, 0.717) is 17.6 Å². The summed E-state index contributed by atoms with van der Waals surface area (Å²) >= 11 is 3.05. The number of carbonyl (C=O) groups is 1. The maximum atomic E-state index is 13.8. The van der Waals surface area contributed by atoms with Gasteiger partial charge in [-0.25, -0.2) is 8.78 Å². The molecule has 2 rings (SSSR count). The average molecular weight is 334 g/mol. The number of benzene rings is 1. The van der Waals surface area contributed by atoms with E-state index in [0.717, 1.165) is 6.42 Å².